The number of hydrogen-bond acceptors (Lipinski definition) is 2. The Balaban J connectivity index is 0.000000640. The number of aliphatic imine (C=N–C) groups is 1. The van der Waals surface area contributed by atoms with Gasteiger partial charge < -0.3 is 9.73 Å². The Bertz CT molecular complexity index is 112. The summed E-state index contributed by atoms with van der Waals surface area (Å²) in [5, 5.41) is 0. The summed E-state index contributed by atoms with van der Waals surface area (Å²) in [5.74, 6) is 1.30. The fourth-order valence-corrected chi connectivity index (χ4v) is 0.603. The van der Waals surface area contributed by atoms with Gasteiger partial charge in [0.05, 0.1) is 0 Å². The largest absolute Gasteiger partial charge is 0.576 e. The van der Waals surface area contributed by atoms with E-state index in [1.807, 2.05) is 0 Å². The summed E-state index contributed by atoms with van der Waals surface area (Å²) in [6.45, 7) is 6.58. The quantitative estimate of drug-likeness (QED) is 0.667. The molecule has 0 atom stereocenters. The van der Waals surface area contributed by atoms with Crippen molar-refractivity contribution in [2.45, 2.75) is 13.8 Å². The van der Waals surface area contributed by atoms with Gasteiger partial charge in [0.15, 0.2) is 0 Å². The topological polar surface area (TPSA) is 21.6 Å². The first-order valence-corrected chi connectivity index (χ1v) is 2.83. The van der Waals surface area contributed by atoms with Crippen molar-refractivity contribution < 1.29 is 25.2 Å². The maximum absolute atomic E-state index is 5.11. The average Bonchev–Trinajstić information content (AvgIpc) is 2.12. The van der Waals surface area contributed by atoms with Crippen LogP contribution in [0.4, 0.5) is 0 Å². The van der Waals surface area contributed by atoms with E-state index < -0.39 is 0 Å². The van der Waals surface area contributed by atoms with Crippen molar-refractivity contribution in [3.8, 4) is 0 Å². The molecule has 0 spiro atoms. The fourth-order valence-electron chi connectivity index (χ4n) is 0.603. The van der Waals surface area contributed by atoms with Crippen molar-refractivity contribution in [2.24, 2.45) is 10.9 Å². The van der Waals surface area contributed by atoms with Crippen LogP contribution in [0.2, 0.25) is 0 Å². The normalized spacial score (nSPS) is 15.7. The van der Waals surface area contributed by atoms with E-state index in [9.17, 15) is 0 Å². The molecule has 2 nitrogen and oxygen atoms in total. The molecular weight excluding hydrogens is 288 g/mol. The molecule has 0 saturated heterocycles. The standard InChI is InChI=1S/C6H10NO.Re/c1-5(2)6-7-3-4-8-6;/h3,5H,4H2,1-2H3;/q-1;. The molecule has 1 heterocycles. The molecule has 1 aliphatic rings. The van der Waals surface area contributed by atoms with E-state index in [0.717, 1.165) is 5.90 Å². The van der Waals surface area contributed by atoms with E-state index in [1.165, 1.54) is 0 Å². The molecule has 0 aromatic carbocycles. The van der Waals surface area contributed by atoms with Crippen molar-refractivity contribution in [1.82, 2.24) is 0 Å². The van der Waals surface area contributed by atoms with Crippen molar-refractivity contribution in [2.75, 3.05) is 6.61 Å². The van der Waals surface area contributed by atoms with Crippen LogP contribution < -0.4 is 0 Å². The maximum Gasteiger partial charge on any atom is 0.0356 e. The summed E-state index contributed by atoms with van der Waals surface area (Å²) in [4.78, 5) is 4.00. The fraction of sp³-hybridized carbons (Fsp3) is 0.667. The van der Waals surface area contributed by atoms with Gasteiger partial charge in [-0.2, -0.15) is 0 Å². The second kappa shape index (κ2) is 3.92. The zero-order chi connectivity index (χ0) is 5.98. The van der Waals surface area contributed by atoms with Crippen LogP contribution in [0.3, 0.4) is 0 Å². The van der Waals surface area contributed by atoms with Crippen molar-refractivity contribution >= 4 is 5.90 Å². The van der Waals surface area contributed by atoms with Gasteiger partial charge in [-0.25, -0.2) is 0 Å². The first-order chi connectivity index (χ1) is 3.80. The Morgan fingerprint density at radius 2 is 2.33 bits per heavy atom. The van der Waals surface area contributed by atoms with Gasteiger partial charge in [-0.05, 0) is 5.92 Å². The van der Waals surface area contributed by atoms with Gasteiger partial charge in [-0.15, -0.1) is 6.54 Å². The minimum atomic E-state index is 0. The van der Waals surface area contributed by atoms with Gasteiger partial charge >= 0.3 is 0 Å². The van der Waals surface area contributed by atoms with Gasteiger partial charge in [-0.1, -0.05) is 13.8 Å². The van der Waals surface area contributed by atoms with Gasteiger partial charge in [0.1, 0.15) is 0 Å². The smallest absolute Gasteiger partial charge is 0.0356 e. The Labute approximate surface area is 69.3 Å². The molecule has 1 aliphatic heterocycles. The Kier molecular flexibility index (Phi) is 3.92. The summed E-state index contributed by atoms with van der Waals surface area (Å²) >= 11 is 0. The third-order valence-corrected chi connectivity index (χ3v) is 1.02. The molecule has 0 aromatic rings. The second-order valence-electron chi connectivity index (χ2n) is 2.12. The van der Waals surface area contributed by atoms with Gasteiger partial charge in [0.2, 0.25) is 0 Å². The number of hydrogen-bond donors (Lipinski definition) is 0. The Morgan fingerprint density at radius 3 is 2.56 bits per heavy atom. The van der Waals surface area contributed by atoms with E-state index in [4.69, 9.17) is 4.74 Å². The molecule has 0 amide bonds. The molecule has 1 rings (SSSR count). The molecule has 0 saturated carbocycles. The molecule has 0 unspecified atom stereocenters. The SMILES string of the molecule is CC(C)C1=N[CH-]CO1.[Re]. The van der Waals surface area contributed by atoms with Crippen LogP contribution in [0, 0.1) is 12.5 Å². The van der Waals surface area contributed by atoms with Crippen LogP contribution in [0.1, 0.15) is 13.8 Å². The van der Waals surface area contributed by atoms with E-state index in [2.05, 4.69) is 18.8 Å². The monoisotopic (exact) mass is 299 g/mol. The average molecular weight is 298 g/mol. The van der Waals surface area contributed by atoms with E-state index in [-0.39, 0.29) is 20.4 Å². The third kappa shape index (κ3) is 2.38. The molecule has 3 heteroatoms. The summed E-state index contributed by atoms with van der Waals surface area (Å²) in [6.07, 6.45) is 0. The first kappa shape index (κ1) is 9.00. The molecular formula is C6H10NORe-. The molecule has 53 valence electrons. The van der Waals surface area contributed by atoms with Crippen molar-refractivity contribution in [3.63, 3.8) is 0 Å². The van der Waals surface area contributed by atoms with Crippen molar-refractivity contribution in [1.29, 1.82) is 0 Å². The molecule has 0 aromatic heterocycles. The summed E-state index contributed by atoms with van der Waals surface area (Å²) < 4.78 is 5.11. The van der Waals surface area contributed by atoms with E-state index in [0.29, 0.717) is 12.5 Å². The van der Waals surface area contributed by atoms with Gasteiger partial charge in [-0.3, -0.25) is 0 Å². The van der Waals surface area contributed by atoms with Crippen LogP contribution in [0.5, 0.6) is 0 Å². The molecule has 0 fully saturated rings. The molecule has 0 bridgehead atoms. The zero-order valence-electron chi connectivity index (χ0n) is 5.60. The number of ether oxygens (including phenoxy) is 1. The zero-order valence-corrected chi connectivity index (χ0v) is 8.31. The number of nitrogens with zero attached hydrogens (tertiary/aromatic N) is 1. The van der Waals surface area contributed by atoms with Crippen LogP contribution in [-0.2, 0) is 25.2 Å². The van der Waals surface area contributed by atoms with Gasteiger partial charge in [0.25, 0.3) is 0 Å². The molecule has 0 N–H and O–H groups in total. The van der Waals surface area contributed by atoms with Crippen LogP contribution in [0.15, 0.2) is 4.99 Å². The molecule has 9 heavy (non-hydrogen) atoms. The third-order valence-electron chi connectivity index (χ3n) is 1.02. The second-order valence-corrected chi connectivity index (χ2v) is 2.12. The van der Waals surface area contributed by atoms with E-state index >= 15 is 0 Å². The minimum Gasteiger partial charge on any atom is -0.576 e. The predicted octanol–water partition coefficient (Wildman–Crippen LogP) is 1.23. The Morgan fingerprint density at radius 1 is 1.67 bits per heavy atom. The summed E-state index contributed by atoms with van der Waals surface area (Å²) in [5.41, 5.74) is 0. The predicted molar refractivity (Wildman–Crippen MR) is 32.5 cm³/mol. The van der Waals surface area contributed by atoms with Crippen LogP contribution >= 0.6 is 0 Å². The van der Waals surface area contributed by atoms with E-state index in [1.54, 1.807) is 6.54 Å². The minimum absolute atomic E-state index is 0. The van der Waals surface area contributed by atoms with Gasteiger partial charge in [0, 0.05) is 32.9 Å². The van der Waals surface area contributed by atoms with Crippen molar-refractivity contribution in [3.05, 3.63) is 6.54 Å². The first-order valence-electron chi connectivity index (χ1n) is 2.83. The summed E-state index contributed by atoms with van der Waals surface area (Å²) in [6, 6.07) is 0. The summed E-state index contributed by atoms with van der Waals surface area (Å²) in [7, 11) is 0. The molecule has 0 aliphatic carbocycles. The maximum atomic E-state index is 5.11. The number of rotatable bonds is 1. The molecule has 1 radical (unpaired) electrons. The Hall–Kier alpha value is 0.00234. The van der Waals surface area contributed by atoms with Crippen LogP contribution in [-0.4, -0.2) is 12.5 Å². The van der Waals surface area contributed by atoms with Crippen LogP contribution in [0.25, 0.3) is 0 Å².